The number of aromatic nitrogens is 3. The maximum absolute atomic E-state index is 6.40. The molecule has 0 atom stereocenters. The van der Waals surface area contributed by atoms with Gasteiger partial charge in [-0.25, -0.2) is 4.98 Å². The number of aryl methyl sites for hydroxylation is 3. The molecule has 0 amide bonds. The van der Waals surface area contributed by atoms with Crippen LogP contribution in [-0.4, -0.2) is 14.8 Å². The van der Waals surface area contributed by atoms with E-state index < -0.39 is 0 Å². The van der Waals surface area contributed by atoms with Gasteiger partial charge >= 0.3 is 0 Å². The summed E-state index contributed by atoms with van der Waals surface area (Å²) in [6, 6.07) is 4.19. The molecule has 0 aromatic carbocycles. The average Bonchev–Trinajstić information content (AvgIpc) is 3.31. The van der Waals surface area contributed by atoms with Crippen molar-refractivity contribution in [3.8, 4) is 0 Å². The Kier molecular flexibility index (Phi) is 5.32. The quantitative estimate of drug-likeness (QED) is 0.454. The molecular formula is C18H21ClN4S2. The monoisotopic (exact) mass is 392 g/mol. The fraction of sp³-hybridized carbons (Fsp3) is 0.333. The van der Waals surface area contributed by atoms with Gasteiger partial charge in [-0.2, -0.15) is 5.10 Å². The molecule has 4 heterocycles. The van der Waals surface area contributed by atoms with E-state index in [9.17, 15) is 0 Å². The van der Waals surface area contributed by atoms with Crippen LogP contribution in [0.2, 0.25) is 5.02 Å². The summed E-state index contributed by atoms with van der Waals surface area (Å²) in [6.07, 6.45) is 0. The predicted octanol–water partition coefficient (Wildman–Crippen LogP) is 6.15. The van der Waals surface area contributed by atoms with Crippen LogP contribution in [0.15, 0.2) is 17.5 Å². The molecule has 0 aliphatic rings. The lowest BCUT2D eigenvalue weighted by Crippen LogP contribution is -1.99. The largest absolute Gasteiger partial charge is 0.363 e. The highest BCUT2D eigenvalue weighted by Crippen LogP contribution is 2.41. The van der Waals surface area contributed by atoms with E-state index in [0.717, 1.165) is 49.1 Å². The van der Waals surface area contributed by atoms with Gasteiger partial charge in [0.15, 0.2) is 5.82 Å². The van der Waals surface area contributed by atoms with Gasteiger partial charge in [-0.15, -0.1) is 22.7 Å². The molecule has 0 spiro atoms. The lowest BCUT2D eigenvalue weighted by atomic mass is 10.1. The van der Waals surface area contributed by atoms with Crippen LogP contribution in [-0.2, 0) is 13.6 Å². The van der Waals surface area contributed by atoms with Crippen LogP contribution in [0, 0.1) is 13.8 Å². The van der Waals surface area contributed by atoms with Crippen LogP contribution >= 0.6 is 34.3 Å². The van der Waals surface area contributed by atoms with E-state index in [1.54, 1.807) is 22.7 Å². The number of nitrogens with one attached hydrogen (secondary N) is 1. The van der Waals surface area contributed by atoms with E-state index in [4.69, 9.17) is 11.6 Å². The zero-order valence-corrected chi connectivity index (χ0v) is 17.4. The summed E-state index contributed by atoms with van der Waals surface area (Å²) in [6.45, 7) is 8.79. The molecule has 0 fully saturated rings. The van der Waals surface area contributed by atoms with Crippen molar-refractivity contribution in [2.75, 3.05) is 5.32 Å². The lowest BCUT2D eigenvalue weighted by molar-refractivity contribution is 0.799. The van der Waals surface area contributed by atoms with Gasteiger partial charge < -0.3 is 5.32 Å². The van der Waals surface area contributed by atoms with Crippen molar-refractivity contribution in [3.05, 3.63) is 38.7 Å². The van der Waals surface area contributed by atoms with E-state index >= 15 is 0 Å². The summed E-state index contributed by atoms with van der Waals surface area (Å²) in [5, 5.41) is 12.0. The van der Waals surface area contributed by atoms with Crippen LogP contribution < -0.4 is 5.32 Å². The molecule has 0 aliphatic carbocycles. The number of fused-ring (bicyclic) bond motifs is 3. The molecule has 132 valence electrons. The number of thiophene rings is 2. The van der Waals surface area contributed by atoms with Crippen molar-refractivity contribution >= 4 is 60.5 Å². The zero-order valence-electron chi connectivity index (χ0n) is 15.0. The first kappa shape index (κ1) is 18.2. The fourth-order valence-electron chi connectivity index (χ4n) is 2.82. The summed E-state index contributed by atoms with van der Waals surface area (Å²) in [5.41, 5.74) is 3.06. The van der Waals surface area contributed by atoms with Crippen molar-refractivity contribution in [2.45, 2.75) is 34.2 Å². The summed E-state index contributed by atoms with van der Waals surface area (Å²) in [5.74, 6) is 0.909. The third-order valence-corrected chi connectivity index (χ3v) is 6.47. The first-order chi connectivity index (χ1) is 12.1. The topological polar surface area (TPSA) is 42.7 Å². The third kappa shape index (κ3) is 3.14. The Hall–Kier alpha value is -1.63. The van der Waals surface area contributed by atoms with Gasteiger partial charge in [0, 0.05) is 17.3 Å². The molecule has 0 saturated carbocycles. The van der Waals surface area contributed by atoms with Gasteiger partial charge in [0.1, 0.15) is 4.83 Å². The Morgan fingerprint density at radius 2 is 2.04 bits per heavy atom. The fourth-order valence-corrected chi connectivity index (χ4v) is 4.87. The first-order valence-electron chi connectivity index (χ1n) is 8.24. The van der Waals surface area contributed by atoms with Crippen molar-refractivity contribution < 1.29 is 0 Å². The molecule has 4 aromatic heterocycles. The Bertz CT molecular complexity index is 1020. The highest BCUT2D eigenvalue weighted by atomic mass is 35.5. The summed E-state index contributed by atoms with van der Waals surface area (Å²) >= 11 is 9.81. The summed E-state index contributed by atoms with van der Waals surface area (Å²) in [7, 11) is 1.97. The van der Waals surface area contributed by atoms with Gasteiger partial charge in [0.2, 0.25) is 0 Å². The number of nitrogens with zero attached hydrogens (tertiary/aromatic N) is 3. The molecule has 0 bridgehead atoms. The summed E-state index contributed by atoms with van der Waals surface area (Å²) < 4.78 is 3.06. The van der Waals surface area contributed by atoms with Crippen molar-refractivity contribution in [2.24, 2.45) is 7.05 Å². The second-order valence-corrected chi connectivity index (χ2v) is 7.91. The van der Waals surface area contributed by atoms with Crippen LogP contribution in [0.5, 0.6) is 0 Å². The molecular weight excluding hydrogens is 372 g/mol. The standard InChI is InChI=1S/C16H15ClN4S2.C2H6/c1-8-11-13-14(23-16(11)19-9(2)12(8)17)15(20-21(13)3)18-7-10-5-4-6-22-10;1-2/h4-6H,7H2,1-3H3,(H,18,20);1-2H3. The molecule has 4 rings (SSSR count). The summed E-state index contributed by atoms with van der Waals surface area (Å²) in [4.78, 5) is 6.97. The number of hydrogen-bond donors (Lipinski definition) is 1. The minimum Gasteiger partial charge on any atom is -0.363 e. The molecule has 1 N–H and O–H groups in total. The van der Waals surface area contributed by atoms with Gasteiger partial charge in [-0.3, -0.25) is 4.68 Å². The Labute approximate surface area is 160 Å². The molecule has 4 aromatic rings. The van der Waals surface area contributed by atoms with E-state index in [1.165, 1.54) is 4.88 Å². The van der Waals surface area contributed by atoms with Crippen LogP contribution in [0.4, 0.5) is 5.82 Å². The van der Waals surface area contributed by atoms with E-state index in [2.05, 4.69) is 39.8 Å². The second kappa shape index (κ2) is 7.32. The van der Waals surface area contributed by atoms with E-state index in [0.29, 0.717) is 0 Å². The Balaban J connectivity index is 0.000000880. The highest BCUT2D eigenvalue weighted by molar-refractivity contribution is 7.26. The third-order valence-electron chi connectivity index (χ3n) is 3.95. The van der Waals surface area contributed by atoms with Gasteiger partial charge in [-0.1, -0.05) is 31.5 Å². The lowest BCUT2D eigenvalue weighted by Gasteiger charge is -2.04. The minimum absolute atomic E-state index is 0.742. The highest BCUT2D eigenvalue weighted by Gasteiger charge is 2.19. The van der Waals surface area contributed by atoms with E-state index in [1.807, 2.05) is 32.5 Å². The van der Waals surface area contributed by atoms with Crippen LogP contribution in [0.3, 0.4) is 0 Å². The van der Waals surface area contributed by atoms with Crippen LogP contribution in [0.1, 0.15) is 30.0 Å². The van der Waals surface area contributed by atoms with Crippen molar-refractivity contribution in [1.82, 2.24) is 14.8 Å². The van der Waals surface area contributed by atoms with Gasteiger partial charge in [-0.05, 0) is 30.9 Å². The molecule has 0 aliphatic heterocycles. The second-order valence-electron chi connectivity index (χ2n) is 5.50. The molecule has 0 saturated heterocycles. The van der Waals surface area contributed by atoms with E-state index in [-0.39, 0.29) is 0 Å². The smallest absolute Gasteiger partial charge is 0.166 e. The predicted molar refractivity (Wildman–Crippen MR) is 111 cm³/mol. The SMILES string of the molecule is CC.Cc1nc2sc3c(NCc4cccs4)nn(C)c3c2c(C)c1Cl. The molecule has 4 nitrogen and oxygen atoms in total. The minimum atomic E-state index is 0.742. The number of rotatable bonds is 3. The van der Waals surface area contributed by atoms with Gasteiger partial charge in [0.25, 0.3) is 0 Å². The molecule has 7 heteroatoms. The molecule has 25 heavy (non-hydrogen) atoms. The maximum atomic E-state index is 6.40. The Morgan fingerprint density at radius 1 is 1.28 bits per heavy atom. The van der Waals surface area contributed by atoms with Gasteiger partial charge in [0.05, 0.1) is 27.5 Å². The number of anilines is 1. The first-order valence-corrected chi connectivity index (χ1v) is 10.3. The number of pyridine rings is 1. The maximum Gasteiger partial charge on any atom is 0.166 e. The van der Waals surface area contributed by atoms with Crippen molar-refractivity contribution in [3.63, 3.8) is 0 Å². The molecule has 0 radical (unpaired) electrons. The number of halogens is 1. The Morgan fingerprint density at radius 3 is 2.72 bits per heavy atom. The molecule has 0 unspecified atom stereocenters. The zero-order chi connectivity index (χ0) is 18.1. The average molecular weight is 393 g/mol. The normalized spacial score (nSPS) is 11.0. The number of hydrogen-bond acceptors (Lipinski definition) is 5. The van der Waals surface area contributed by atoms with Crippen molar-refractivity contribution in [1.29, 1.82) is 0 Å². The van der Waals surface area contributed by atoms with Crippen LogP contribution in [0.25, 0.3) is 20.4 Å².